The number of hydrogen-bond donors (Lipinski definition) is 1. The van der Waals surface area contributed by atoms with Gasteiger partial charge < -0.3 is 0 Å². The summed E-state index contributed by atoms with van der Waals surface area (Å²) in [5, 5.41) is 5.91. The topological polar surface area (TPSA) is 92.3 Å². The maximum absolute atomic E-state index is 12.9. The molecule has 0 saturated carbocycles. The molecule has 0 unspecified atom stereocenters. The molecule has 0 aliphatic carbocycles. The van der Waals surface area contributed by atoms with Gasteiger partial charge in [-0.05, 0) is 49.2 Å². The van der Waals surface area contributed by atoms with Crippen molar-refractivity contribution in [3.05, 3.63) is 59.5 Å². The van der Waals surface area contributed by atoms with E-state index in [2.05, 4.69) is 15.3 Å². The average molecular weight is 501 g/mol. The van der Waals surface area contributed by atoms with E-state index in [4.69, 9.17) is 0 Å². The second-order valence-electron chi connectivity index (χ2n) is 7.41. The van der Waals surface area contributed by atoms with E-state index in [1.165, 1.54) is 39.9 Å². The molecule has 1 amide bonds. The number of fused-ring (bicyclic) bond motifs is 1. The van der Waals surface area contributed by atoms with E-state index >= 15 is 0 Å². The zero-order chi connectivity index (χ0) is 23.4. The lowest BCUT2D eigenvalue weighted by Gasteiger charge is -2.21. The van der Waals surface area contributed by atoms with Gasteiger partial charge in [-0.1, -0.05) is 26.0 Å². The van der Waals surface area contributed by atoms with Crippen LogP contribution in [0.3, 0.4) is 0 Å². The fourth-order valence-corrected chi connectivity index (χ4v) is 6.67. The second kappa shape index (κ2) is 10.1. The molecule has 4 aromatic rings. The number of amides is 1. The minimum atomic E-state index is -3.58. The van der Waals surface area contributed by atoms with Crippen LogP contribution in [0.5, 0.6) is 0 Å². The predicted molar refractivity (Wildman–Crippen MR) is 134 cm³/mol. The Hall–Kier alpha value is -2.66. The summed E-state index contributed by atoms with van der Waals surface area (Å²) in [5.41, 5.74) is 2.00. The van der Waals surface area contributed by atoms with Gasteiger partial charge >= 0.3 is 0 Å². The molecule has 0 bridgehead atoms. The minimum Gasteiger partial charge on any atom is -0.298 e. The number of carbonyl (C=O) groups is 1. The van der Waals surface area contributed by atoms with Gasteiger partial charge in [-0.3, -0.25) is 10.1 Å². The van der Waals surface area contributed by atoms with Gasteiger partial charge in [-0.25, -0.2) is 18.4 Å². The van der Waals surface area contributed by atoms with Crippen LogP contribution in [0.15, 0.2) is 58.8 Å². The maximum atomic E-state index is 12.9. The van der Waals surface area contributed by atoms with Crippen molar-refractivity contribution in [1.82, 2.24) is 14.3 Å². The number of anilines is 1. The van der Waals surface area contributed by atoms with Crippen LogP contribution in [0.2, 0.25) is 0 Å². The molecule has 0 fully saturated rings. The van der Waals surface area contributed by atoms with Crippen LogP contribution < -0.4 is 5.32 Å². The molecule has 0 saturated heterocycles. The molecular formula is C23H24N4O3S3. The van der Waals surface area contributed by atoms with Gasteiger partial charge in [0.1, 0.15) is 10.7 Å². The average Bonchev–Trinajstić information content (AvgIpc) is 3.46. The molecule has 0 atom stereocenters. The quantitative estimate of drug-likeness (QED) is 0.328. The van der Waals surface area contributed by atoms with Crippen LogP contribution in [0.25, 0.3) is 20.9 Å². The fraction of sp³-hybridized carbons (Fsp3) is 0.261. The first kappa shape index (κ1) is 23.5. The molecule has 0 aliphatic heterocycles. The summed E-state index contributed by atoms with van der Waals surface area (Å²) in [7, 11) is -3.58. The molecule has 2 heterocycles. The Labute approximate surface area is 201 Å². The molecule has 33 heavy (non-hydrogen) atoms. The lowest BCUT2D eigenvalue weighted by atomic mass is 10.2. The summed E-state index contributed by atoms with van der Waals surface area (Å²) in [6.45, 7) is 4.85. The number of aromatic nitrogens is 2. The first-order valence-corrected chi connectivity index (χ1v) is 13.8. The zero-order valence-corrected chi connectivity index (χ0v) is 20.8. The fourth-order valence-electron chi connectivity index (χ4n) is 3.36. The van der Waals surface area contributed by atoms with Gasteiger partial charge in [0.05, 0.1) is 15.1 Å². The van der Waals surface area contributed by atoms with E-state index in [1.54, 1.807) is 11.3 Å². The molecule has 0 aliphatic rings. The summed E-state index contributed by atoms with van der Waals surface area (Å²) in [5.74, 6) is -0.344. The lowest BCUT2D eigenvalue weighted by molar-refractivity contribution is 0.102. The lowest BCUT2D eigenvalue weighted by Crippen LogP contribution is -2.32. The Bertz CT molecular complexity index is 1320. The molecule has 1 N–H and O–H groups in total. The van der Waals surface area contributed by atoms with E-state index in [0.717, 1.165) is 28.1 Å². The number of nitrogens with one attached hydrogen (secondary N) is 1. The third-order valence-electron chi connectivity index (χ3n) is 4.94. The summed E-state index contributed by atoms with van der Waals surface area (Å²) in [6, 6.07) is 13.9. The standard InChI is InChI=1S/C23H24N4O3S3/c1-3-13-27(14-4-2)33(29,30)17-11-9-16(10-12-17)21(28)26-23-25-19(15-31-23)22-24-18-7-5-6-8-20(18)32-22/h5-12,15H,3-4,13-14H2,1-2H3,(H,25,26,28). The molecule has 2 aromatic carbocycles. The summed E-state index contributed by atoms with van der Waals surface area (Å²) >= 11 is 2.87. The van der Waals surface area contributed by atoms with Crippen molar-refractivity contribution in [3.63, 3.8) is 0 Å². The largest absolute Gasteiger partial charge is 0.298 e. The third-order valence-corrected chi connectivity index (χ3v) is 8.67. The van der Waals surface area contributed by atoms with Crippen molar-refractivity contribution in [2.75, 3.05) is 18.4 Å². The van der Waals surface area contributed by atoms with Crippen molar-refractivity contribution >= 4 is 54.0 Å². The van der Waals surface area contributed by atoms with Crippen LogP contribution in [0, 0.1) is 0 Å². The Balaban J connectivity index is 1.47. The highest BCUT2D eigenvalue weighted by atomic mass is 32.2. The Kier molecular flexibility index (Phi) is 7.18. The Morgan fingerprint density at radius 1 is 1.00 bits per heavy atom. The molecule has 0 spiro atoms. The first-order chi connectivity index (χ1) is 15.9. The van der Waals surface area contributed by atoms with Gasteiger partial charge in [0.15, 0.2) is 5.13 Å². The number of carbonyl (C=O) groups excluding carboxylic acids is 1. The molecule has 2 aromatic heterocycles. The highest BCUT2D eigenvalue weighted by Gasteiger charge is 2.23. The predicted octanol–water partition coefficient (Wildman–Crippen LogP) is 5.48. The van der Waals surface area contributed by atoms with E-state index in [0.29, 0.717) is 29.5 Å². The molecule has 4 rings (SSSR count). The van der Waals surface area contributed by atoms with Gasteiger partial charge in [0.25, 0.3) is 5.91 Å². The van der Waals surface area contributed by atoms with Gasteiger partial charge in [-0.15, -0.1) is 22.7 Å². The van der Waals surface area contributed by atoms with Crippen LogP contribution >= 0.6 is 22.7 Å². The first-order valence-electron chi connectivity index (χ1n) is 10.7. The van der Waals surface area contributed by atoms with Crippen LogP contribution in [0.1, 0.15) is 37.0 Å². The summed E-state index contributed by atoms with van der Waals surface area (Å²) in [6.07, 6.45) is 1.49. The Morgan fingerprint density at radius 3 is 2.36 bits per heavy atom. The van der Waals surface area contributed by atoms with E-state index in [1.807, 2.05) is 43.5 Å². The number of sulfonamides is 1. The van der Waals surface area contributed by atoms with Crippen molar-refractivity contribution in [3.8, 4) is 10.7 Å². The normalized spacial score (nSPS) is 11.8. The van der Waals surface area contributed by atoms with Crippen LogP contribution in [-0.4, -0.2) is 41.7 Å². The van der Waals surface area contributed by atoms with E-state index in [-0.39, 0.29) is 10.8 Å². The maximum Gasteiger partial charge on any atom is 0.257 e. The molecule has 0 radical (unpaired) electrons. The van der Waals surface area contributed by atoms with Gasteiger partial charge in [0, 0.05) is 24.0 Å². The zero-order valence-electron chi connectivity index (χ0n) is 18.3. The number of thiazole rings is 2. The van der Waals surface area contributed by atoms with Gasteiger partial charge in [-0.2, -0.15) is 4.31 Å². The van der Waals surface area contributed by atoms with Crippen molar-refractivity contribution < 1.29 is 13.2 Å². The SMILES string of the molecule is CCCN(CCC)S(=O)(=O)c1ccc(C(=O)Nc2nc(-c3nc4ccccc4s3)cs2)cc1. The number of hydrogen-bond acceptors (Lipinski definition) is 7. The summed E-state index contributed by atoms with van der Waals surface area (Å²) in [4.78, 5) is 22.0. The third kappa shape index (κ3) is 5.14. The number of rotatable bonds is 9. The summed E-state index contributed by atoms with van der Waals surface area (Å²) < 4.78 is 28.4. The van der Waals surface area contributed by atoms with Crippen LogP contribution in [-0.2, 0) is 10.0 Å². The molecule has 172 valence electrons. The van der Waals surface area contributed by atoms with Crippen molar-refractivity contribution in [1.29, 1.82) is 0 Å². The van der Waals surface area contributed by atoms with Crippen LogP contribution in [0.4, 0.5) is 5.13 Å². The van der Waals surface area contributed by atoms with E-state index in [9.17, 15) is 13.2 Å². The van der Waals surface area contributed by atoms with Crippen molar-refractivity contribution in [2.45, 2.75) is 31.6 Å². The number of nitrogens with zero attached hydrogens (tertiary/aromatic N) is 3. The molecule has 10 heteroatoms. The second-order valence-corrected chi connectivity index (χ2v) is 11.2. The minimum absolute atomic E-state index is 0.188. The Morgan fingerprint density at radius 2 is 1.70 bits per heavy atom. The van der Waals surface area contributed by atoms with Gasteiger partial charge in [0.2, 0.25) is 10.0 Å². The highest BCUT2D eigenvalue weighted by Crippen LogP contribution is 2.32. The smallest absolute Gasteiger partial charge is 0.257 e. The number of para-hydroxylation sites is 1. The monoisotopic (exact) mass is 500 g/mol. The van der Waals surface area contributed by atoms with Crippen molar-refractivity contribution in [2.24, 2.45) is 0 Å². The highest BCUT2D eigenvalue weighted by molar-refractivity contribution is 7.89. The number of benzene rings is 2. The molecular weight excluding hydrogens is 476 g/mol. The van der Waals surface area contributed by atoms with E-state index < -0.39 is 10.0 Å². The molecule has 7 nitrogen and oxygen atoms in total.